The third-order valence-corrected chi connectivity index (χ3v) is 13.4. The predicted octanol–water partition coefficient (Wildman–Crippen LogP) is 18.3. The monoisotopic (exact) mass is 839 g/mol. The highest BCUT2D eigenvalue weighted by Gasteiger charge is 2.19. The SMILES string of the molecule is c1ccc(-c2cccc3c2oc2c(-c4ccc(N(c5cccc(-c6cc7ccccc7c7ccccc67)c5)c5cccc(-c6cc7ccccc7c7ccccc67)c5)cc4)cccc23)cc1. The van der Waals surface area contributed by atoms with Crippen LogP contribution in [0.4, 0.5) is 17.1 Å². The first kappa shape index (κ1) is 37.8. The van der Waals surface area contributed by atoms with Gasteiger partial charge in [0.1, 0.15) is 11.2 Å². The molecule has 2 nitrogen and oxygen atoms in total. The van der Waals surface area contributed by atoms with E-state index in [1.54, 1.807) is 0 Å². The average molecular weight is 840 g/mol. The van der Waals surface area contributed by atoms with Gasteiger partial charge >= 0.3 is 0 Å². The molecule has 13 rings (SSSR count). The number of nitrogens with zero attached hydrogens (tertiary/aromatic N) is 1. The molecule has 0 radical (unpaired) electrons. The van der Waals surface area contributed by atoms with Crippen molar-refractivity contribution in [3.63, 3.8) is 0 Å². The fourth-order valence-electron chi connectivity index (χ4n) is 10.3. The molecule has 1 heterocycles. The second-order valence-electron chi connectivity index (χ2n) is 17.2. The fourth-order valence-corrected chi connectivity index (χ4v) is 10.3. The summed E-state index contributed by atoms with van der Waals surface area (Å²) in [5, 5.41) is 12.2. The molecule has 0 bridgehead atoms. The third kappa shape index (κ3) is 6.26. The summed E-state index contributed by atoms with van der Waals surface area (Å²) < 4.78 is 6.85. The van der Waals surface area contributed by atoms with Crippen molar-refractivity contribution in [1.82, 2.24) is 0 Å². The first-order chi connectivity index (χ1) is 32.7. The van der Waals surface area contributed by atoms with Gasteiger partial charge in [0, 0.05) is 39.0 Å². The van der Waals surface area contributed by atoms with Crippen LogP contribution in [0, 0.1) is 0 Å². The van der Waals surface area contributed by atoms with E-state index in [2.05, 4.69) is 254 Å². The van der Waals surface area contributed by atoms with Crippen molar-refractivity contribution in [2.75, 3.05) is 4.90 Å². The topological polar surface area (TPSA) is 16.4 Å². The van der Waals surface area contributed by atoms with Crippen molar-refractivity contribution in [3.8, 4) is 44.5 Å². The number of hydrogen-bond acceptors (Lipinski definition) is 2. The van der Waals surface area contributed by atoms with Crippen molar-refractivity contribution in [2.45, 2.75) is 0 Å². The lowest BCUT2D eigenvalue weighted by Crippen LogP contribution is -2.10. The lowest BCUT2D eigenvalue weighted by atomic mass is 9.92. The number of benzene rings is 12. The smallest absolute Gasteiger partial charge is 0.143 e. The van der Waals surface area contributed by atoms with Crippen molar-refractivity contribution < 1.29 is 4.42 Å². The molecule has 2 heteroatoms. The molecule has 12 aromatic carbocycles. The maximum Gasteiger partial charge on any atom is 0.143 e. The molecule has 0 saturated heterocycles. The van der Waals surface area contributed by atoms with Crippen LogP contribution in [0.2, 0.25) is 0 Å². The van der Waals surface area contributed by atoms with Crippen LogP contribution < -0.4 is 4.90 Å². The molecular weight excluding hydrogens is 799 g/mol. The average Bonchev–Trinajstić information content (AvgIpc) is 3.78. The summed E-state index contributed by atoms with van der Waals surface area (Å²) in [6, 6.07) is 90.2. The van der Waals surface area contributed by atoms with E-state index in [1.807, 2.05) is 0 Å². The van der Waals surface area contributed by atoms with Crippen LogP contribution >= 0.6 is 0 Å². The van der Waals surface area contributed by atoms with Crippen LogP contribution in [0.3, 0.4) is 0 Å². The Morgan fingerprint density at radius 2 is 0.621 bits per heavy atom. The van der Waals surface area contributed by atoms with Crippen molar-refractivity contribution in [3.05, 3.63) is 249 Å². The van der Waals surface area contributed by atoms with E-state index in [0.717, 1.165) is 61.3 Å². The highest BCUT2D eigenvalue weighted by molar-refractivity contribution is 6.16. The summed E-state index contributed by atoms with van der Waals surface area (Å²) in [7, 11) is 0. The Hall–Kier alpha value is -8.72. The Bertz CT molecular complexity index is 3830. The van der Waals surface area contributed by atoms with Crippen LogP contribution in [-0.2, 0) is 0 Å². The normalized spacial score (nSPS) is 11.6. The number of para-hydroxylation sites is 2. The molecule has 1 aromatic heterocycles. The molecule has 0 aliphatic rings. The summed E-state index contributed by atoms with van der Waals surface area (Å²) in [4.78, 5) is 2.40. The standard InChI is InChI=1S/C64H41NO/c1-2-16-42(17-3-1)53-30-14-32-59-60-33-15-31-54(64(60)66-63(53)59)43-34-36-48(37-35-43)65(49-22-12-20-44(38-49)61-40-46-18-4-6-24-51(46)55-26-8-10-28-57(55)61)50-23-13-21-45(39-50)62-41-47-19-5-7-25-52(47)56-27-9-11-29-58(56)62/h1-41H. The first-order valence-electron chi connectivity index (χ1n) is 22.7. The number of rotatable bonds is 7. The van der Waals surface area contributed by atoms with Gasteiger partial charge in [-0.25, -0.2) is 0 Å². The van der Waals surface area contributed by atoms with Gasteiger partial charge in [-0.2, -0.15) is 0 Å². The first-order valence-corrected chi connectivity index (χ1v) is 22.7. The van der Waals surface area contributed by atoms with Crippen LogP contribution in [0.15, 0.2) is 253 Å². The number of fused-ring (bicyclic) bond motifs is 9. The Morgan fingerprint density at radius 1 is 0.227 bits per heavy atom. The van der Waals surface area contributed by atoms with E-state index in [4.69, 9.17) is 4.42 Å². The number of anilines is 3. The molecule has 0 N–H and O–H groups in total. The van der Waals surface area contributed by atoms with E-state index in [1.165, 1.54) is 65.3 Å². The molecule has 0 aliphatic heterocycles. The molecule has 0 amide bonds. The van der Waals surface area contributed by atoms with Gasteiger partial charge in [-0.3, -0.25) is 0 Å². The van der Waals surface area contributed by atoms with Gasteiger partial charge in [-0.1, -0.05) is 200 Å². The summed E-state index contributed by atoms with van der Waals surface area (Å²) in [6.07, 6.45) is 0. The molecular formula is C64H41NO. The van der Waals surface area contributed by atoms with Gasteiger partial charge in [-0.15, -0.1) is 0 Å². The van der Waals surface area contributed by atoms with Gasteiger partial charge in [-0.05, 0) is 125 Å². The van der Waals surface area contributed by atoms with Crippen molar-refractivity contribution >= 4 is 82.1 Å². The zero-order valence-electron chi connectivity index (χ0n) is 36.0. The van der Waals surface area contributed by atoms with Crippen LogP contribution in [-0.4, -0.2) is 0 Å². The minimum Gasteiger partial charge on any atom is -0.455 e. The van der Waals surface area contributed by atoms with Crippen LogP contribution in [0.1, 0.15) is 0 Å². The fraction of sp³-hybridized carbons (Fsp3) is 0. The Kier molecular flexibility index (Phi) is 8.89. The molecule has 308 valence electrons. The van der Waals surface area contributed by atoms with Crippen LogP contribution in [0.5, 0.6) is 0 Å². The van der Waals surface area contributed by atoms with Gasteiger partial charge in [0.15, 0.2) is 0 Å². The molecule has 0 fully saturated rings. The second-order valence-corrected chi connectivity index (χ2v) is 17.2. The van der Waals surface area contributed by atoms with Crippen molar-refractivity contribution in [2.24, 2.45) is 0 Å². The quantitative estimate of drug-likeness (QED) is 0.149. The van der Waals surface area contributed by atoms with E-state index in [-0.39, 0.29) is 0 Å². The molecule has 0 unspecified atom stereocenters. The van der Waals surface area contributed by atoms with Gasteiger partial charge < -0.3 is 9.32 Å². The molecule has 0 atom stereocenters. The predicted molar refractivity (Wildman–Crippen MR) is 280 cm³/mol. The third-order valence-electron chi connectivity index (χ3n) is 13.4. The molecule has 0 spiro atoms. The maximum atomic E-state index is 6.85. The summed E-state index contributed by atoms with van der Waals surface area (Å²) in [5.41, 5.74) is 14.2. The highest BCUT2D eigenvalue weighted by Crippen LogP contribution is 2.44. The van der Waals surface area contributed by atoms with E-state index < -0.39 is 0 Å². The van der Waals surface area contributed by atoms with Gasteiger partial charge in [0.05, 0.1) is 0 Å². The molecule has 66 heavy (non-hydrogen) atoms. The Balaban J connectivity index is 0.975. The van der Waals surface area contributed by atoms with Crippen LogP contribution in [0.25, 0.3) is 110 Å². The molecule has 0 saturated carbocycles. The summed E-state index contributed by atoms with van der Waals surface area (Å²) in [6.45, 7) is 0. The largest absolute Gasteiger partial charge is 0.455 e. The Morgan fingerprint density at radius 3 is 1.14 bits per heavy atom. The van der Waals surface area contributed by atoms with E-state index in [9.17, 15) is 0 Å². The lowest BCUT2D eigenvalue weighted by molar-refractivity contribution is 0.671. The van der Waals surface area contributed by atoms with E-state index in [0.29, 0.717) is 0 Å². The lowest BCUT2D eigenvalue weighted by Gasteiger charge is -2.27. The Labute approximate surface area is 382 Å². The molecule has 13 aromatic rings. The minimum atomic E-state index is 0.895. The maximum absolute atomic E-state index is 6.85. The number of furan rings is 1. The van der Waals surface area contributed by atoms with Gasteiger partial charge in [0.2, 0.25) is 0 Å². The minimum absolute atomic E-state index is 0.895. The van der Waals surface area contributed by atoms with E-state index >= 15 is 0 Å². The zero-order chi connectivity index (χ0) is 43.6. The zero-order valence-corrected chi connectivity index (χ0v) is 36.0. The molecule has 0 aliphatic carbocycles. The highest BCUT2D eigenvalue weighted by atomic mass is 16.3. The summed E-state index contributed by atoms with van der Waals surface area (Å²) in [5.74, 6) is 0. The van der Waals surface area contributed by atoms with Gasteiger partial charge in [0.25, 0.3) is 0 Å². The second kappa shape index (κ2) is 15.5. The summed E-state index contributed by atoms with van der Waals surface area (Å²) >= 11 is 0. The van der Waals surface area contributed by atoms with Crippen molar-refractivity contribution in [1.29, 1.82) is 0 Å². The number of hydrogen-bond donors (Lipinski definition) is 0.